The van der Waals surface area contributed by atoms with Crippen molar-refractivity contribution in [2.45, 2.75) is 32.4 Å². The summed E-state index contributed by atoms with van der Waals surface area (Å²) in [5.74, 6) is -0.481. The number of carbonyl (C=O) groups excluding carboxylic acids is 2. The molecule has 4 rings (SSSR count). The normalized spacial score (nSPS) is 14.8. The van der Waals surface area contributed by atoms with Gasteiger partial charge < -0.3 is 10.1 Å². The van der Waals surface area contributed by atoms with Crippen LogP contribution in [0.1, 0.15) is 44.8 Å². The van der Waals surface area contributed by atoms with Crippen molar-refractivity contribution in [1.29, 1.82) is 0 Å². The fourth-order valence-electron chi connectivity index (χ4n) is 4.09. The van der Waals surface area contributed by atoms with Gasteiger partial charge in [-0.05, 0) is 49.6 Å². The van der Waals surface area contributed by atoms with Gasteiger partial charge in [0.2, 0.25) is 0 Å². The summed E-state index contributed by atoms with van der Waals surface area (Å²) >= 11 is 0. The van der Waals surface area contributed by atoms with Gasteiger partial charge in [0.1, 0.15) is 0 Å². The Labute approximate surface area is 188 Å². The zero-order valence-electron chi connectivity index (χ0n) is 18.5. The van der Waals surface area contributed by atoms with Crippen LogP contribution in [-0.2, 0) is 11.3 Å². The number of rotatable bonds is 6. The van der Waals surface area contributed by atoms with Crippen LogP contribution in [0, 0.1) is 6.92 Å². The average Bonchev–Trinajstić information content (AvgIpc) is 3.22. The molecule has 0 unspecified atom stereocenters. The van der Waals surface area contributed by atoms with E-state index in [-0.39, 0.29) is 17.9 Å². The summed E-state index contributed by atoms with van der Waals surface area (Å²) < 4.78 is 6.44. The predicted molar refractivity (Wildman–Crippen MR) is 122 cm³/mol. The van der Waals surface area contributed by atoms with Crippen molar-refractivity contribution < 1.29 is 14.3 Å². The maximum Gasteiger partial charge on any atom is 0.337 e. The van der Waals surface area contributed by atoms with Crippen LogP contribution in [0.2, 0.25) is 0 Å². The van der Waals surface area contributed by atoms with Gasteiger partial charge in [0.15, 0.2) is 0 Å². The molecule has 1 aromatic heterocycles. The molecule has 7 heteroatoms. The van der Waals surface area contributed by atoms with Gasteiger partial charge in [-0.3, -0.25) is 9.69 Å². The number of likely N-dealkylation sites (tertiary alicyclic amines) is 1. The lowest BCUT2D eigenvalue weighted by Gasteiger charge is -2.32. The molecule has 166 valence electrons. The lowest BCUT2D eigenvalue weighted by molar-refractivity contribution is 0.0600. The average molecular weight is 433 g/mol. The molecule has 0 atom stereocenters. The third-order valence-corrected chi connectivity index (χ3v) is 5.96. The van der Waals surface area contributed by atoms with Gasteiger partial charge in [-0.15, -0.1) is 0 Å². The summed E-state index contributed by atoms with van der Waals surface area (Å²) in [6, 6.07) is 17.6. The minimum atomic E-state index is -0.386. The summed E-state index contributed by atoms with van der Waals surface area (Å²) in [4.78, 5) is 26.9. The number of amides is 1. The summed E-state index contributed by atoms with van der Waals surface area (Å²) in [5.41, 5.74) is 3.89. The number of hydrogen-bond acceptors (Lipinski definition) is 5. The van der Waals surface area contributed by atoms with Gasteiger partial charge in [-0.25, -0.2) is 9.48 Å². The van der Waals surface area contributed by atoms with Crippen LogP contribution >= 0.6 is 0 Å². The van der Waals surface area contributed by atoms with E-state index >= 15 is 0 Å². The number of carbonyl (C=O) groups is 2. The van der Waals surface area contributed by atoms with Crippen LogP contribution in [0.3, 0.4) is 0 Å². The fourth-order valence-corrected chi connectivity index (χ4v) is 4.09. The second kappa shape index (κ2) is 9.78. The van der Waals surface area contributed by atoms with Crippen molar-refractivity contribution >= 4 is 11.9 Å². The third kappa shape index (κ3) is 4.89. The smallest absolute Gasteiger partial charge is 0.337 e. The highest BCUT2D eigenvalue weighted by Crippen LogP contribution is 2.18. The zero-order chi connectivity index (χ0) is 22.5. The van der Waals surface area contributed by atoms with E-state index in [1.807, 2.05) is 13.0 Å². The highest BCUT2D eigenvalue weighted by Gasteiger charge is 2.23. The van der Waals surface area contributed by atoms with Crippen LogP contribution < -0.4 is 5.32 Å². The van der Waals surface area contributed by atoms with Crippen LogP contribution in [0.25, 0.3) is 5.69 Å². The van der Waals surface area contributed by atoms with Gasteiger partial charge in [0.05, 0.1) is 35.8 Å². The second-order valence-electron chi connectivity index (χ2n) is 8.10. The molecule has 0 aliphatic carbocycles. The Kier molecular flexibility index (Phi) is 6.66. The Morgan fingerprint density at radius 2 is 1.75 bits per heavy atom. The third-order valence-electron chi connectivity index (χ3n) is 5.96. The number of benzene rings is 2. The van der Waals surface area contributed by atoms with Crippen molar-refractivity contribution in [2.75, 3.05) is 20.2 Å². The molecular formula is C25H28N4O3. The summed E-state index contributed by atoms with van der Waals surface area (Å²) in [6.07, 6.45) is 3.46. The number of ether oxygens (including phenoxy) is 1. The molecule has 1 aliphatic heterocycles. The summed E-state index contributed by atoms with van der Waals surface area (Å²) in [7, 11) is 1.35. The Morgan fingerprint density at radius 1 is 1.06 bits per heavy atom. The first kappa shape index (κ1) is 21.8. The molecule has 1 fully saturated rings. The molecule has 1 N–H and O–H groups in total. The van der Waals surface area contributed by atoms with Gasteiger partial charge in [-0.2, -0.15) is 5.10 Å². The fraction of sp³-hybridized carbons (Fsp3) is 0.320. The van der Waals surface area contributed by atoms with Gasteiger partial charge in [-0.1, -0.05) is 30.3 Å². The Hall–Kier alpha value is -3.45. The molecule has 1 aliphatic rings. The van der Waals surface area contributed by atoms with Crippen LogP contribution in [0.15, 0.2) is 60.8 Å². The maximum absolute atomic E-state index is 12.9. The molecule has 7 nitrogen and oxygen atoms in total. The Morgan fingerprint density at radius 3 is 2.41 bits per heavy atom. The largest absolute Gasteiger partial charge is 0.465 e. The van der Waals surface area contributed by atoms with E-state index in [1.165, 1.54) is 12.7 Å². The number of hydrogen-bond donors (Lipinski definition) is 1. The first-order chi connectivity index (χ1) is 15.5. The minimum absolute atomic E-state index is 0.0959. The highest BCUT2D eigenvalue weighted by atomic mass is 16.5. The van der Waals surface area contributed by atoms with Crippen molar-refractivity contribution in [1.82, 2.24) is 20.0 Å². The molecule has 1 amide bonds. The lowest BCUT2D eigenvalue weighted by Crippen LogP contribution is -2.44. The molecule has 32 heavy (non-hydrogen) atoms. The lowest BCUT2D eigenvalue weighted by atomic mass is 10.0. The van der Waals surface area contributed by atoms with E-state index in [2.05, 4.69) is 39.6 Å². The highest BCUT2D eigenvalue weighted by molar-refractivity contribution is 5.95. The number of esters is 1. The van der Waals surface area contributed by atoms with E-state index in [0.717, 1.165) is 43.9 Å². The number of aromatic nitrogens is 2. The van der Waals surface area contributed by atoms with E-state index in [1.54, 1.807) is 35.1 Å². The number of piperidine rings is 1. The summed E-state index contributed by atoms with van der Waals surface area (Å²) in [6.45, 7) is 4.75. The van der Waals surface area contributed by atoms with Gasteiger partial charge in [0, 0.05) is 25.7 Å². The Balaban J connectivity index is 1.34. The quantitative estimate of drug-likeness (QED) is 0.605. The molecule has 3 aromatic rings. The monoisotopic (exact) mass is 432 g/mol. The van der Waals surface area contributed by atoms with Crippen molar-refractivity contribution in [3.8, 4) is 5.69 Å². The number of nitrogens with one attached hydrogen (secondary N) is 1. The van der Waals surface area contributed by atoms with E-state index in [0.29, 0.717) is 11.1 Å². The summed E-state index contributed by atoms with van der Waals surface area (Å²) in [5, 5.41) is 7.56. The maximum atomic E-state index is 12.9. The first-order valence-electron chi connectivity index (χ1n) is 10.9. The van der Waals surface area contributed by atoms with E-state index in [4.69, 9.17) is 4.74 Å². The molecular weight excluding hydrogens is 404 g/mol. The van der Waals surface area contributed by atoms with Crippen LogP contribution in [0.5, 0.6) is 0 Å². The van der Waals surface area contributed by atoms with Crippen molar-refractivity contribution in [3.63, 3.8) is 0 Å². The number of methoxy groups -OCH3 is 1. The van der Waals surface area contributed by atoms with Gasteiger partial charge >= 0.3 is 5.97 Å². The molecule has 0 saturated carbocycles. The molecule has 0 spiro atoms. The van der Waals surface area contributed by atoms with Crippen LogP contribution in [-0.4, -0.2) is 52.8 Å². The van der Waals surface area contributed by atoms with Crippen molar-refractivity contribution in [3.05, 3.63) is 83.2 Å². The topological polar surface area (TPSA) is 76.5 Å². The molecule has 0 bridgehead atoms. The SMILES string of the molecule is COC(=O)c1ccc(-n2ncc(C(=O)NC3CCN(Cc4ccccc4)CC3)c2C)cc1. The predicted octanol–water partition coefficient (Wildman–Crippen LogP) is 3.36. The zero-order valence-corrected chi connectivity index (χ0v) is 18.5. The molecule has 2 aromatic carbocycles. The van der Waals surface area contributed by atoms with Gasteiger partial charge in [0.25, 0.3) is 5.91 Å². The van der Waals surface area contributed by atoms with E-state index in [9.17, 15) is 9.59 Å². The molecule has 1 saturated heterocycles. The van der Waals surface area contributed by atoms with Crippen LogP contribution in [0.4, 0.5) is 0 Å². The minimum Gasteiger partial charge on any atom is -0.465 e. The molecule has 0 radical (unpaired) electrons. The van der Waals surface area contributed by atoms with E-state index < -0.39 is 0 Å². The second-order valence-corrected chi connectivity index (χ2v) is 8.10. The first-order valence-corrected chi connectivity index (χ1v) is 10.9. The standard InChI is InChI=1S/C25H28N4O3/c1-18-23(16-26-29(18)22-10-8-20(9-11-22)25(31)32-2)24(30)27-21-12-14-28(15-13-21)17-19-6-4-3-5-7-19/h3-11,16,21H,12-15,17H2,1-2H3,(H,27,30). The molecule has 2 heterocycles. The Bertz CT molecular complexity index is 1070. The number of nitrogens with zero attached hydrogens (tertiary/aromatic N) is 3. The van der Waals surface area contributed by atoms with Crippen molar-refractivity contribution in [2.24, 2.45) is 0 Å².